The van der Waals surface area contributed by atoms with Crippen molar-refractivity contribution >= 4 is 23.2 Å². The summed E-state index contributed by atoms with van der Waals surface area (Å²) in [5, 5.41) is 3.30. The smallest absolute Gasteiger partial charge is 0.255 e. The molecule has 0 bridgehead atoms. The monoisotopic (exact) mass is 389 g/mol. The molecule has 2 aromatic carbocycles. The predicted octanol–water partition coefficient (Wildman–Crippen LogP) is 3.58. The Bertz CT molecular complexity index is 1080. The van der Waals surface area contributed by atoms with Crippen LogP contribution < -0.4 is 15.8 Å². The second kappa shape index (κ2) is 7.43. The van der Waals surface area contributed by atoms with Gasteiger partial charge in [-0.2, -0.15) is 0 Å². The van der Waals surface area contributed by atoms with Gasteiger partial charge in [0.25, 0.3) is 5.91 Å². The Morgan fingerprint density at radius 3 is 2.66 bits per heavy atom. The summed E-state index contributed by atoms with van der Waals surface area (Å²) < 4.78 is 5.20. The molecule has 0 fully saturated rings. The number of benzene rings is 2. The molecule has 3 aromatic rings. The van der Waals surface area contributed by atoms with Crippen LogP contribution in [0.5, 0.6) is 5.75 Å². The summed E-state index contributed by atoms with van der Waals surface area (Å²) in [4.78, 5) is 23.1. The number of aromatic nitrogens is 2. The number of fused-ring (bicyclic) bond motifs is 1. The van der Waals surface area contributed by atoms with E-state index in [0.29, 0.717) is 24.7 Å². The standard InChI is InChI=1S/C22H23N5O2/c1-13-8-17(26-21-14(2)20(23)24-12-25-21)9-16-11-27(22(28)19(13)16)10-15-4-6-18(29-3)7-5-15/h4-9,12H,10-11H2,1-3H3,(H3,23,24,25,26). The van der Waals surface area contributed by atoms with Gasteiger partial charge in [-0.25, -0.2) is 9.97 Å². The Kier molecular flexibility index (Phi) is 4.80. The lowest BCUT2D eigenvalue weighted by Crippen LogP contribution is -2.23. The summed E-state index contributed by atoms with van der Waals surface area (Å²) in [6, 6.07) is 11.8. The van der Waals surface area contributed by atoms with Gasteiger partial charge in [-0.3, -0.25) is 4.79 Å². The van der Waals surface area contributed by atoms with Gasteiger partial charge in [-0.15, -0.1) is 0 Å². The van der Waals surface area contributed by atoms with E-state index in [-0.39, 0.29) is 5.91 Å². The first-order valence-electron chi connectivity index (χ1n) is 9.36. The molecule has 0 radical (unpaired) electrons. The minimum absolute atomic E-state index is 0.0577. The number of nitrogen functional groups attached to an aromatic ring is 1. The van der Waals surface area contributed by atoms with Crippen LogP contribution in [-0.4, -0.2) is 27.9 Å². The molecule has 1 aliphatic rings. The van der Waals surface area contributed by atoms with Crippen molar-refractivity contribution in [3.8, 4) is 5.75 Å². The highest BCUT2D eigenvalue weighted by Gasteiger charge is 2.29. The van der Waals surface area contributed by atoms with Gasteiger partial charge in [0.1, 0.15) is 23.7 Å². The van der Waals surface area contributed by atoms with Crippen molar-refractivity contribution in [3.63, 3.8) is 0 Å². The van der Waals surface area contributed by atoms with E-state index in [4.69, 9.17) is 10.5 Å². The second-order valence-electron chi connectivity index (χ2n) is 7.19. The molecule has 7 heteroatoms. The average Bonchev–Trinajstić information content (AvgIpc) is 3.02. The van der Waals surface area contributed by atoms with E-state index < -0.39 is 0 Å². The molecule has 29 heavy (non-hydrogen) atoms. The Hall–Kier alpha value is -3.61. The molecular weight excluding hydrogens is 366 g/mol. The first kappa shape index (κ1) is 18.7. The van der Waals surface area contributed by atoms with Crippen LogP contribution in [0.4, 0.5) is 17.3 Å². The molecule has 1 aromatic heterocycles. The number of rotatable bonds is 5. The molecule has 0 aliphatic carbocycles. The van der Waals surface area contributed by atoms with Crippen LogP contribution in [0.3, 0.4) is 0 Å². The van der Waals surface area contributed by atoms with Gasteiger partial charge in [0.2, 0.25) is 0 Å². The van der Waals surface area contributed by atoms with E-state index in [1.54, 1.807) is 7.11 Å². The number of nitrogens with one attached hydrogen (secondary N) is 1. The number of carbonyl (C=O) groups excluding carboxylic acids is 1. The zero-order chi connectivity index (χ0) is 20.5. The number of aryl methyl sites for hydroxylation is 1. The summed E-state index contributed by atoms with van der Waals surface area (Å²) in [5.74, 6) is 1.97. The predicted molar refractivity (Wildman–Crippen MR) is 112 cm³/mol. The zero-order valence-electron chi connectivity index (χ0n) is 16.7. The molecule has 0 spiro atoms. The third kappa shape index (κ3) is 3.59. The molecule has 0 saturated heterocycles. The van der Waals surface area contributed by atoms with E-state index in [1.165, 1.54) is 6.33 Å². The van der Waals surface area contributed by atoms with Gasteiger partial charge in [-0.05, 0) is 54.8 Å². The first-order chi connectivity index (χ1) is 14.0. The van der Waals surface area contributed by atoms with E-state index in [0.717, 1.165) is 39.3 Å². The Balaban J connectivity index is 1.56. The minimum atomic E-state index is 0.0577. The summed E-state index contributed by atoms with van der Waals surface area (Å²) in [5.41, 5.74) is 11.3. The molecule has 1 amide bonds. The number of nitrogens with zero attached hydrogens (tertiary/aromatic N) is 3. The molecule has 4 rings (SSSR count). The van der Waals surface area contributed by atoms with Crippen LogP contribution in [0, 0.1) is 13.8 Å². The highest BCUT2D eigenvalue weighted by molar-refractivity contribution is 6.00. The van der Waals surface area contributed by atoms with Gasteiger partial charge in [0, 0.05) is 29.9 Å². The van der Waals surface area contributed by atoms with Crippen molar-refractivity contribution in [2.24, 2.45) is 0 Å². The number of nitrogens with two attached hydrogens (primary N) is 1. The van der Waals surface area contributed by atoms with Crippen LogP contribution in [0.15, 0.2) is 42.7 Å². The zero-order valence-corrected chi connectivity index (χ0v) is 16.7. The lowest BCUT2D eigenvalue weighted by Gasteiger charge is -2.16. The van der Waals surface area contributed by atoms with Gasteiger partial charge < -0.3 is 20.7 Å². The summed E-state index contributed by atoms with van der Waals surface area (Å²) in [6.07, 6.45) is 1.44. The number of amides is 1. The normalized spacial score (nSPS) is 12.8. The third-order valence-electron chi connectivity index (χ3n) is 5.20. The minimum Gasteiger partial charge on any atom is -0.497 e. The third-order valence-corrected chi connectivity index (χ3v) is 5.20. The fourth-order valence-electron chi connectivity index (χ4n) is 3.60. The number of ether oxygens (including phenoxy) is 1. The molecular formula is C22H23N5O2. The molecule has 148 valence electrons. The Morgan fingerprint density at radius 1 is 1.17 bits per heavy atom. The number of carbonyl (C=O) groups is 1. The van der Waals surface area contributed by atoms with Gasteiger partial charge >= 0.3 is 0 Å². The van der Waals surface area contributed by atoms with Crippen molar-refractivity contribution in [3.05, 3.63) is 70.5 Å². The summed E-state index contributed by atoms with van der Waals surface area (Å²) in [7, 11) is 1.64. The van der Waals surface area contributed by atoms with Gasteiger partial charge in [0.05, 0.1) is 7.11 Å². The SMILES string of the molecule is COc1ccc(CN2Cc3cc(Nc4ncnc(N)c4C)cc(C)c3C2=O)cc1. The van der Waals surface area contributed by atoms with Gasteiger partial charge in [0.15, 0.2) is 0 Å². The Morgan fingerprint density at radius 2 is 1.93 bits per heavy atom. The lowest BCUT2D eigenvalue weighted by molar-refractivity contribution is 0.0766. The van der Waals surface area contributed by atoms with Crippen LogP contribution in [-0.2, 0) is 13.1 Å². The van der Waals surface area contributed by atoms with Crippen LogP contribution in [0.2, 0.25) is 0 Å². The largest absolute Gasteiger partial charge is 0.497 e. The fourth-order valence-corrected chi connectivity index (χ4v) is 3.60. The van der Waals surface area contributed by atoms with Crippen LogP contribution in [0.1, 0.15) is 32.6 Å². The molecule has 0 unspecified atom stereocenters. The van der Waals surface area contributed by atoms with Crippen LogP contribution >= 0.6 is 0 Å². The number of hydrogen-bond donors (Lipinski definition) is 2. The number of anilines is 3. The molecule has 3 N–H and O–H groups in total. The van der Waals surface area contributed by atoms with E-state index in [9.17, 15) is 4.79 Å². The van der Waals surface area contributed by atoms with Crippen molar-refractivity contribution in [2.75, 3.05) is 18.2 Å². The van der Waals surface area contributed by atoms with Crippen LogP contribution in [0.25, 0.3) is 0 Å². The first-order valence-corrected chi connectivity index (χ1v) is 9.36. The average molecular weight is 389 g/mol. The van der Waals surface area contributed by atoms with Crippen molar-refractivity contribution in [2.45, 2.75) is 26.9 Å². The highest BCUT2D eigenvalue weighted by Crippen LogP contribution is 2.32. The van der Waals surface area contributed by atoms with E-state index in [1.807, 2.05) is 55.1 Å². The summed E-state index contributed by atoms with van der Waals surface area (Å²) >= 11 is 0. The fraction of sp³-hybridized carbons (Fsp3) is 0.227. The van der Waals surface area contributed by atoms with E-state index in [2.05, 4.69) is 15.3 Å². The van der Waals surface area contributed by atoms with Gasteiger partial charge in [-0.1, -0.05) is 12.1 Å². The van der Waals surface area contributed by atoms with Crippen molar-refractivity contribution in [1.29, 1.82) is 0 Å². The molecule has 7 nitrogen and oxygen atoms in total. The summed E-state index contributed by atoms with van der Waals surface area (Å²) in [6.45, 7) is 4.96. The lowest BCUT2D eigenvalue weighted by atomic mass is 10.0. The van der Waals surface area contributed by atoms with Crippen molar-refractivity contribution < 1.29 is 9.53 Å². The second-order valence-corrected chi connectivity index (χ2v) is 7.19. The maximum atomic E-state index is 13.0. The van der Waals surface area contributed by atoms with Crippen molar-refractivity contribution in [1.82, 2.24) is 14.9 Å². The Labute approximate surface area is 169 Å². The molecule has 2 heterocycles. The molecule has 1 aliphatic heterocycles. The molecule has 0 saturated carbocycles. The number of hydrogen-bond acceptors (Lipinski definition) is 6. The molecule has 0 atom stereocenters. The number of methoxy groups -OCH3 is 1. The maximum Gasteiger partial charge on any atom is 0.255 e. The maximum absolute atomic E-state index is 13.0. The quantitative estimate of drug-likeness (QED) is 0.693. The topological polar surface area (TPSA) is 93.4 Å². The highest BCUT2D eigenvalue weighted by atomic mass is 16.5. The van der Waals surface area contributed by atoms with E-state index >= 15 is 0 Å².